The van der Waals surface area contributed by atoms with Crippen LogP contribution in [-0.4, -0.2) is 30.5 Å². The number of rotatable bonds is 5. The molecule has 0 saturated carbocycles. The number of hydrogen-bond acceptors (Lipinski definition) is 5. The molecule has 0 aromatic heterocycles. The molecule has 0 radical (unpaired) electrons. The van der Waals surface area contributed by atoms with E-state index in [9.17, 15) is 23.3 Å². The second kappa shape index (κ2) is 5.92. The van der Waals surface area contributed by atoms with E-state index in [1.165, 1.54) is 0 Å². The lowest BCUT2D eigenvalue weighted by Gasteiger charge is -2.11. The van der Waals surface area contributed by atoms with E-state index in [1.54, 1.807) is 0 Å². The molecule has 0 amide bonds. The fourth-order valence-electron chi connectivity index (χ4n) is 1.24. The van der Waals surface area contributed by atoms with Crippen molar-refractivity contribution in [3.05, 3.63) is 32.3 Å². The van der Waals surface area contributed by atoms with Gasteiger partial charge in [-0.2, -0.15) is 4.72 Å². The normalized spacial score (nSPS) is 12.9. The molecule has 1 rings (SSSR count). The maximum Gasteiger partial charge on any atom is 0.321 e. The van der Waals surface area contributed by atoms with Crippen LogP contribution >= 0.6 is 23.2 Å². The van der Waals surface area contributed by atoms with E-state index in [0.29, 0.717) is 0 Å². The van der Waals surface area contributed by atoms with Crippen molar-refractivity contribution in [3.8, 4) is 0 Å². The predicted molar refractivity (Wildman–Crippen MR) is 70.5 cm³/mol. The standard InChI is InChI=1S/C9H8Cl2N2O6S/c1-4(9(14)15)12-20(18,19)6-3-2-5(10)8(7(6)11)13(16)17/h2-4,12H,1H3,(H,14,15). The van der Waals surface area contributed by atoms with Crippen molar-refractivity contribution < 1.29 is 23.2 Å². The van der Waals surface area contributed by atoms with Gasteiger partial charge in [0.25, 0.3) is 0 Å². The minimum Gasteiger partial charge on any atom is -0.480 e. The Morgan fingerprint density at radius 3 is 2.45 bits per heavy atom. The first-order valence-corrected chi connectivity index (χ1v) is 7.19. The van der Waals surface area contributed by atoms with Crippen LogP contribution in [0.1, 0.15) is 6.92 Å². The molecule has 0 bridgehead atoms. The summed E-state index contributed by atoms with van der Waals surface area (Å²) in [7, 11) is -4.33. The first-order chi connectivity index (χ1) is 9.08. The van der Waals surface area contributed by atoms with Gasteiger partial charge >= 0.3 is 11.7 Å². The highest BCUT2D eigenvalue weighted by Crippen LogP contribution is 2.37. The molecule has 2 N–H and O–H groups in total. The van der Waals surface area contributed by atoms with Gasteiger partial charge in [0.15, 0.2) is 0 Å². The van der Waals surface area contributed by atoms with E-state index < -0.39 is 42.6 Å². The summed E-state index contributed by atoms with van der Waals surface area (Å²) in [6, 6.07) is 0.519. The Bertz CT molecular complexity index is 675. The molecule has 0 fully saturated rings. The molecule has 0 aliphatic rings. The van der Waals surface area contributed by atoms with Crippen molar-refractivity contribution in [1.29, 1.82) is 0 Å². The maximum atomic E-state index is 11.9. The SMILES string of the molecule is CC(NS(=O)(=O)c1ccc(Cl)c([N+](=O)[O-])c1Cl)C(=O)O. The van der Waals surface area contributed by atoms with E-state index in [1.807, 2.05) is 4.72 Å². The van der Waals surface area contributed by atoms with Crippen LogP contribution < -0.4 is 4.72 Å². The van der Waals surface area contributed by atoms with Gasteiger partial charge in [0, 0.05) is 0 Å². The lowest BCUT2D eigenvalue weighted by Crippen LogP contribution is -2.38. The van der Waals surface area contributed by atoms with Gasteiger partial charge in [-0.3, -0.25) is 14.9 Å². The van der Waals surface area contributed by atoms with Crippen LogP contribution in [0.3, 0.4) is 0 Å². The van der Waals surface area contributed by atoms with Gasteiger partial charge < -0.3 is 5.11 Å². The number of nitro benzene ring substituents is 1. The third kappa shape index (κ3) is 3.37. The van der Waals surface area contributed by atoms with Gasteiger partial charge in [-0.05, 0) is 19.1 Å². The highest BCUT2D eigenvalue weighted by atomic mass is 35.5. The average molecular weight is 343 g/mol. The Morgan fingerprint density at radius 1 is 1.45 bits per heavy atom. The van der Waals surface area contributed by atoms with Crippen LogP contribution in [0.4, 0.5) is 5.69 Å². The molecule has 20 heavy (non-hydrogen) atoms. The summed E-state index contributed by atoms with van der Waals surface area (Å²) in [6.07, 6.45) is 0. The van der Waals surface area contributed by atoms with Crippen molar-refractivity contribution in [2.24, 2.45) is 0 Å². The number of sulfonamides is 1. The average Bonchev–Trinajstić information content (AvgIpc) is 2.26. The summed E-state index contributed by atoms with van der Waals surface area (Å²) in [4.78, 5) is 19.9. The Kier molecular flexibility index (Phi) is 4.92. The summed E-state index contributed by atoms with van der Waals surface area (Å²) in [5.41, 5.74) is -0.765. The Labute approximate surface area is 123 Å². The molecule has 110 valence electrons. The third-order valence-electron chi connectivity index (χ3n) is 2.21. The quantitative estimate of drug-likeness (QED) is 0.618. The number of nitro groups is 1. The molecule has 11 heteroatoms. The maximum absolute atomic E-state index is 11.9. The smallest absolute Gasteiger partial charge is 0.321 e. The molecule has 8 nitrogen and oxygen atoms in total. The molecule has 1 aromatic carbocycles. The first-order valence-electron chi connectivity index (χ1n) is 4.95. The third-order valence-corrected chi connectivity index (χ3v) is 4.59. The molecule has 0 heterocycles. The lowest BCUT2D eigenvalue weighted by atomic mass is 10.3. The highest BCUT2D eigenvalue weighted by Gasteiger charge is 2.29. The summed E-state index contributed by atoms with van der Waals surface area (Å²) in [5.74, 6) is -1.41. The molecule has 1 aromatic rings. The molecule has 0 spiro atoms. The molecule has 0 aliphatic carbocycles. The molecule has 1 unspecified atom stereocenters. The molecular formula is C9H8Cl2N2O6S. The zero-order valence-electron chi connectivity index (χ0n) is 9.83. The summed E-state index contributed by atoms with van der Waals surface area (Å²) < 4.78 is 25.7. The number of aliphatic carboxylic acids is 1. The number of hydrogen-bond donors (Lipinski definition) is 2. The van der Waals surface area contributed by atoms with E-state index in [-0.39, 0.29) is 5.02 Å². The number of carboxylic acid groups (broad SMARTS) is 1. The Morgan fingerprint density at radius 2 is 2.00 bits per heavy atom. The number of carboxylic acids is 1. The Hall–Kier alpha value is -1.42. The first kappa shape index (κ1) is 16.6. The lowest BCUT2D eigenvalue weighted by molar-refractivity contribution is -0.384. The van der Waals surface area contributed by atoms with E-state index in [4.69, 9.17) is 28.3 Å². The molecule has 1 atom stereocenters. The van der Waals surface area contributed by atoms with Gasteiger partial charge in [0.05, 0.1) is 4.92 Å². The van der Waals surface area contributed by atoms with Crippen molar-refractivity contribution in [2.45, 2.75) is 17.9 Å². The number of halogens is 2. The van der Waals surface area contributed by atoms with Gasteiger partial charge in [0.1, 0.15) is 21.0 Å². The van der Waals surface area contributed by atoms with Gasteiger partial charge in [-0.1, -0.05) is 23.2 Å². The molecular weight excluding hydrogens is 335 g/mol. The van der Waals surface area contributed by atoms with Crippen molar-refractivity contribution >= 4 is 44.9 Å². The van der Waals surface area contributed by atoms with E-state index >= 15 is 0 Å². The molecule has 0 saturated heterocycles. The monoisotopic (exact) mass is 342 g/mol. The zero-order chi connectivity index (χ0) is 15.7. The minimum atomic E-state index is -4.33. The van der Waals surface area contributed by atoms with Crippen LogP contribution in [-0.2, 0) is 14.8 Å². The van der Waals surface area contributed by atoms with Crippen LogP contribution in [0, 0.1) is 10.1 Å². The highest BCUT2D eigenvalue weighted by molar-refractivity contribution is 7.89. The van der Waals surface area contributed by atoms with Crippen molar-refractivity contribution in [2.75, 3.05) is 0 Å². The Balaban J connectivity index is 3.37. The van der Waals surface area contributed by atoms with Gasteiger partial charge in [-0.25, -0.2) is 8.42 Å². The number of carbonyl (C=O) groups is 1. The summed E-state index contributed by atoms with van der Waals surface area (Å²) >= 11 is 11.2. The summed E-state index contributed by atoms with van der Waals surface area (Å²) in [5, 5.41) is 18.4. The van der Waals surface area contributed by atoms with E-state index in [2.05, 4.69) is 0 Å². The predicted octanol–water partition coefficient (Wildman–Crippen LogP) is 1.65. The second-order valence-corrected chi connectivity index (χ2v) is 6.11. The molecule has 0 aliphatic heterocycles. The minimum absolute atomic E-state index is 0.328. The number of nitrogens with zero attached hydrogens (tertiary/aromatic N) is 1. The van der Waals surface area contributed by atoms with Crippen LogP contribution in [0.2, 0.25) is 10.0 Å². The van der Waals surface area contributed by atoms with Crippen LogP contribution in [0.5, 0.6) is 0 Å². The largest absolute Gasteiger partial charge is 0.480 e. The fraction of sp³-hybridized carbons (Fsp3) is 0.222. The van der Waals surface area contributed by atoms with Gasteiger partial charge in [0.2, 0.25) is 10.0 Å². The van der Waals surface area contributed by atoms with Gasteiger partial charge in [-0.15, -0.1) is 0 Å². The van der Waals surface area contributed by atoms with Crippen molar-refractivity contribution in [1.82, 2.24) is 4.72 Å². The topological polar surface area (TPSA) is 127 Å². The zero-order valence-corrected chi connectivity index (χ0v) is 12.2. The van der Waals surface area contributed by atoms with Crippen LogP contribution in [0.25, 0.3) is 0 Å². The number of benzene rings is 1. The summed E-state index contributed by atoms with van der Waals surface area (Å²) in [6.45, 7) is 1.10. The second-order valence-electron chi connectivity index (χ2n) is 3.65. The van der Waals surface area contributed by atoms with E-state index in [0.717, 1.165) is 19.1 Å². The number of nitrogens with one attached hydrogen (secondary N) is 1. The van der Waals surface area contributed by atoms with Crippen molar-refractivity contribution in [3.63, 3.8) is 0 Å². The van der Waals surface area contributed by atoms with Crippen LogP contribution in [0.15, 0.2) is 17.0 Å². The fourth-order valence-corrected chi connectivity index (χ4v) is 3.33.